The average Bonchev–Trinajstić information content (AvgIpc) is 1.40. The number of thiophene rings is 4. The average molecular weight is 2620 g/mol. The normalized spacial score (nSPS) is 14.1. The van der Waals surface area contributed by atoms with Gasteiger partial charge in [0.05, 0.1) is 114 Å². The Morgan fingerprint density at radius 1 is 0.245 bits per heavy atom. The van der Waals surface area contributed by atoms with Gasteiger partial charge in [-0.2, -0.15) is 105 Å². The van der Waals surface area contributed by atoms with Gasteiger partial charge in [0.2, 0.25) is 0 Å². The molecule has 0 aliphatic carbocycles. The number of fused-ring (bicyclic) bond motifs is 24. The largest absolute Gasteiger partial charge is 2.00 e. The number of hydrogen-bond acceptors (Lipinski definition) is 22. The molecule has 19 heterocycles. The Bertz CT molecular complexity index is 7380. The molecule has 143 heavy (non-hydrogen) atoms. The van der Waals surface area contributed by atoms with Crippen LogP contribution in [-0.4, -0.2) is 127 Å². The van der Waals surface area contributed by atoms with Crippen LogP contribution >= 0.6 is 45.3 Å². The molecule has 0 saturated carbocycles. The van der Waals surface area contributed by atoms with E-state index >= 15 is 0 Å². The first-order valence-electron chi connectivity index (χ1n) is 40.6. The monoisotopic (exact) mass is 2620 g/mol. The number of alkyl halides is 24. The molecule has 6 aliphatic heterocycles. The van der Waals surface area contributed by atoms with Crippen molar-refractivity contribution in [2.24, 2.45) is 21.7 Å². The number of halogens is 24. The van der Waals surface area contributed by atoms with Crippen LogP contribution in [0.25, 0.3) is 159 Å². The molecule has 0 fully saturated rings. The molecule has 55 heteroatoms. The topological polar surface area (TPSA) is 317 Å². The van der Waals surface area contributed by atoms with Crippen LogP contribution in [0.15, 0.2) is 106 Å². The van der Waals surface area contributed by atoms with Crippen molar-refractivity contribution in [2.75, 3.05) is 0 Å². The summed E-state index contributed by atoms with van der Waals surface area (Å²) in [5.41, 5.74) is -17.1. The number of hydrogen-bond donors (Lipinski definition) is 0. The van der Waals surface area contributed by atoms with E-state index in [0.717, 1.165) is 121 Å². The Hall–Kier alpha value is -11.9. The van der Waals surface area contributed by atoms with E-state index in [1.165, 1.54) is 0 Å². The van der Waals surface area contributed by atoms with Crippen LogP contribution in [0.3, 0.4) is 0 Å². The van der Waals surface area contributed by atoms with Gasteiger partial charge >= 0.3 is 113 Å². The van der Waals surface area contributed by atoms with Crippen LogP contribution in [0.4, 0.5) is 105 Å². The van der Waals surface area contributed by atoms with E-state index in [0.29, 0.717) is 45.9 Å². The van der Waals surface area contributed by atoms with Crippen molar-refractivity contribution in [3.63, 3.8) is 0 Å². The summed E-state index contributed by atoms with van der Waals surface area (Å²) in [6, 6.07) is 22.8. The van der Waals surface area contributed by atoms with Gasteiger partial charge in [0, 0.05) is 110 Å². The van der Waals surface area contributed by atoms with Crippen LogP contribution in [0.5, 0.6) is 0 Å². The number of rotatable bonds is 12. The number of aromatic nitrogens is 24. The van der Waals surface area contributed by atoms with Gasteiger partial charge in [0.1, 0.15) is 0 Å². The molecule has 0 spiro atoms. The zero-order chi connectivity index (χ0) is 101. The molecule has 0 radical (unpaired) electrons. The Labute approximate surface area is 846 Å². The third-order valence-corrected chi connectivity index (χ3v) is 25.3. The molecule has 13 aromatic rings. The SMILES string of the molecule is C1=C(c2cccs2)c2nc1nc1[n-]c(cc1-c1cccs1)nc1nc(nc3[n-]c(cc3-c3cccs3)n2)C=C1c1cccs1.CC(C)(CC1=Cc2nc1nc1cc(CC(C)(C)C(F)(F)F)c(nc3nc(nc4cc(CC(C)(C)C(F)(F)F)c(n2)[n-]4)C(CC(C)(C)C(F)(F)F)=C3)[n-]1)C(F)(F)F.FC(F)(F)C1=Cc2nc1nc1cc(C(F)(F)F)c(nc3nc(nc4cc(C(F)(F)F)c(n2)[n-]4)C(C(F)(F)F)=C3)[n-]1.[Pt+2].[Pt+2].[Pt+2]. The van der Waals surface area contributed by atoms with Gasteiger partial charge in [-0.05, 0) is 167 Å². The summed E-state index contributed by atoms with van der Waals surface area (Å²) < 4.78 is 332. The molecule has 750 valence electrons. The molecule has 0 unspecified atom stereocenters. The fraction of sp³-hybridized carbons (Fsp3) is 0.273. The van der Waals surface area contributed by atoms with Gasteiger partial charge in [0.15, 0.2) is 0 Å². The maximum atomic E-state index is 14.1. The first kappa shape index (κ1) is 107. The predicted molar refractivity (Wildman–Crippen MR) is 469 cm³/mol. The van der Waals surface area contributed by atoms with Gasteiger partial charge in [0.25, 0.3) is 0 Å². The molecule has 0 atom stereocenters. The van der Waals surface area contributed by atoms with Crippen LogP contribution < -0.4 is 29.9 Å². The van der Waals surface area contributed by atoms with Crippen molar-refractivity contribution < 1.29 is 169 Å². The quantitative estimate of drug-likeness (QED) is 0.103. The van der Waals surface area contributed by atoms with Gasteiger partial charge < -0.3 is 89.7 Å². The molecular weight excluding hydrogens is 2560 g/mol. The van der Waals surface area contributed by atoms with Crippen LogP contribution in [0.2, 0.25) is 0 Å². The molecule has 0 aromatic carbocycles. The fourth-order valence-electron chi connectivity index (χ4n) is 14.1. The summed E-state index contributed by atoms with van der Waals surface area (Å²) in [6.45, 7) is 7.33. The molecule has 24 nitrogen and oxygen atoms in total. The number of nitrogens with zero attached hydrogens (tertiary/aromatic N) is 24. The summed E-state index contributed by atoms with van der Waals surface area (Å²) in [5, 5.41) is 8.16. The third kappa shape index (κ3) is 23.1. The second kappa shape index (κ2) is 38.9. The Morgan fingerprint density at radius 3 is 0.811 bits per heavy atom. The van der Waals surface area contributed by atoms with Gasteiger partial charge in [-0.3, -0.25) is 0 Å². The molecule has 19 rings (SSSR count). The van der Waals surface area contributed by atoms with E-state index in [2.05, 4.69) is 104 Å². The minimum Gasteiger partial charge on any atom is -0.358 e. The zero-order valence-corrected chi connectivity index (χ0v) is 83.2. The summed E-state index contributed by atoms with van der Waals surface area (Å²) >= 11 is 6.51. The Kier molecular flexibility index (Phi) is 29.1. The summed E-state index contributed by atoms with van der Waals surface area (Å²) in [7, 11) is 0. The summed E-state index contributed by atoms with van der Waals surface area (Å²) in [6.07, 6.45) is -36.3. The smallest absolute Gasteiger partial charge is 0.358 e. The van der Waals surface area contributed by atoms with E-state index in [-0.39, 0.29) is 156 Å². The second-order valence-electron chi connectivity index (χ2n) is 34.1. The standard InChI is InChI=1S/C36H36F12N8.C32H16N8S4.C20H4F12N8.3Pt/c1-29(2,33(37,38)39)13-17-9-21-49-25(17)53-22-10-18(14-30(3,4)34(40,41)42)27(50-22)55-24-12-20(16-32(7,8)36(46,47)48)28(52-24)56-23-11-19(26(51-23)54-21)15-31(5,6)35(43,44)45;1-5-21(41-9-1)17-13-25-33-29(17)37-26-14-18(22-6-2-10-42-22)31(34-26)39-28-16-20(24-8-4-12-44-24)32(36-28)40-27-15-19(30(35-27)38-25)23-7-3-11-43-23;21-17(22,23)5-1-9-33-13(5)38-10-3-7(19(27,28)29)15(35-10)40-12-4-8(20(30,31)32)16(36-12)39-11-2-6(18(24,25)26)14(34-11)37-9;;;/h9-12H,13-16H2,1-8H3;1-16H;1-4H;;;/q3*-2;3*+2. The summed E-state index contributed by atoms with van der Waals surface area (Å²) in [4.78, 5) is 104. The van der Waals surface area contributed by atoms with E-state index in [1.807, 2.05) is 70.1 Å². The Balaban J connectivity index is 0.000000171. The molecule has 13 aromatic heterocycles. The molecule has 24 bridgehead atoms. The molecule has 0 N–H and O–H groups in total. The maximum absolute atomic E-state index is 14.1. The van der Waals surface area contributed by atoms with E-state index in [4.69, 9.17) is 39.9 Å². The number of allylic oxidation sites excluding steroid dienone is 4. The fourth-order valence-corrected chi connectivity index (χ4v) is 17.0. The van der Waals surface area contributed by atoms with Crippen LogP contribution in [-0.2, 0) is 88.4 Å². The maximum Gasteiger partial charge on any atom is 2.00 e. The van der Waals surface area contributed by atoms with Crippen molar-refractivity contribution in [2.45, 2.75) is 130 Å². The minimum atomic E-state index is -5.24. The molecule has 0 saturated heterocycles. The van der Waals surface area contributed by atoms with Crippen molar-refractivity contribution in [1.82, 2.24) is 120 Å². The summed E-state index contributed by atoms with van der Waals surface area (Å²) in [5.74, 6) is -3.97. The van der Waals surface area contributed by atoms with Crippen molar-refractivity contribution >= 4 is 183 Å². The van der Waals surface area contributed by atoms with E-state index in [1.54, 1.807) is 45.3 Å². The molecule has 6 aliphatic rings. The van der Waals surface area contributed by atoms with E-state index < -0.39 is 165 Å². The third-order valence-electron chi connectivity index (χ3n) is 21.7. The zero-order valence-electron chi connectivity index (χ0n) is 73.1. The van der Waals surface area contributed by atoms with E-state index in [9.17, 15) is 105 Å². The van der Waals surface area contributed by atoms with Crippen LogP contribution in [0, 0.1) is 21.7 Å². The molecular formula is C88H56F24N24Pt3S4. The second-order valence-corrected chi connectivity index (χ2v) is 37.9. The van der Waals surface area contributed by atoms with Crippen LogP contribution in [0.1, 0.15) is 170 Å². The first-order chi connectivity index (χ1) is 65.2. The predicted octanol–water partition coefficient (Wildman–Crippen LogP) is 23.8. The van der Waals surface area contributed by atoms with Crippen molar-refractivity contribution in [1.29, 1.82) is 0 Å². The van der Waals surface area contributed by atoms with Gasteiger partial charge in [-0.1, -0.05) is 79.7 Å². The molecule has 0 amide bonds. The van der Waals surface area contributed by atoms with Gasteiger partial charge in [-0.15, -0.1) is 45.3 Å². The van der Waals surface area contributed by atoms with Gasteiger partial charge in [-0.25, -0.2) is 29.9 Å². The minimum absolute atomic E-state index is 0. The van der Waals surface area contributed by atoms with Crippen molar-refractivity contribution in [3.05, 3.63) is 208 Å². The van der Waals surface area contributed by atoms with Crippen molar-refractivity contribution in [3.8, 4) is 20.9 Å². The Morgan fingerprint density at radius 2 is 0.497 bits per heavy atom. The first-order valence-corrected chi connectivity index (χ1v) is 44.1.